The molecular weight excluding hydrogens is 360 g/mol. The number of hydrogen-bond acceptors (Lipinski definition) is 5. The first-order valence-corrected chi connectivity index (χ1v) is 9.76. The van der Waals surface area contributed by atoms with Crippen LogP contribution in [0.3, 0.4) is 0 Å². The van der Waals surface area contributed by atoms with E-state index in [9.17, 15) is 4.79 Å². The average Bonchev–Trinajstić information content (AvgIpc) is 2.98. The van der Waals surface area contributed by atoms with Gasteiger partial charge in [0, 0.05) is 29.1 Å². The van der Waals surface area contributed by atoms with E-state index < -0.39 is 0 Å². The summed E-state index contributed by atoms with van der Waals surface area (Å²) >= 11 is 1.55. The highest BCUT2D eigenvalue weighted by atomic mass is 32.1. The van der Waals surface area contributed by atoms with Gasteiger partial charge in [0.25, 0.3) is 0 Å². The molecule has 0 saturated heterocycles. The van der Waals surface area contributed by atoms with E-state index in [1.807, 2.05) is 29.6 Å². The molecule has 1 N–H and O–H groups in total. The van der Waals surface area contributed by atoms with Crippen LogP contribution in [0, 0.1) is 6.92 Å². The molecule has 0 spiro atoms. The number of amides is 1. The number of fused-ring (bicyclic) bond motifs is 1. The van der Waals surface area contributed by atoms with E-state index in [1.165, 1.54) is 5.56 Å². The Balaban J connectivity index is 1.42. The van der Waals surface area contributed by atoms with Crippen molar-refractivity contribution in [3.8, 4) is 22.1 Å². The third kappa shape index (κ3) is 4.28. The molecule has 0 aliphatic carbocycles. The van der Waals surface area contributed by atoms with Crippen molar-refractivity contribution in [1.29, 1.82) is 0 Å². The summed E-state index contributed by atoms with van der Waals surface area (Å²) in [5.41, 5.74) is 3.73. The van der Waals surface area contributed by atoms with Gasteiger partial charge in [0.15, 0.2) is 11.5 Å². The van der Waals surface area contributed by atoms with Gasteiger partial charge in [0.2, 0.25) is 5.91 Å². The summed E-state index contributed by atoms with van der Waals surface area (Å²) in [6, 6.07) is 13.7. The van der Waals surface area contributed by atoms with Gasteiger partial charge in [-0.3, -0.25) is 4.79 Å². The normalized spacial score (nSPS) is 13.1. The summed E-state index contributed by atoms with van der Waals surface area (Å²) < 4.78 is 11.3. The molecule has 0 fully saturated rings. The smallest absolute Gasteiger partial charge is 0.230 e. The number of aromatic nitrogens is 1. The van der Waals surface area contributed by atoms with Gasteiger partial charge in [-0.25, -0.2) is 4.98 Å². The van der Waals surface area contributed by atoms with Gasteiger partial charge in [-0.05, 0) is 25.1 Å². The number of ether oxygens (including phenoxy) is 2. The molecule has 27 heavy (non-hydrogen) atoms. The average molecular weight is 380 g/mol. The van der Waals surface area contributed by atoms with Crippen LogP contribution < -0.4 is 14.8 Å². The fourth-order valence-electron chi connectivity index (χ4n) is 2.91. The minimum atomic E-state index is -0.106. The van der Waals surface area contributed by atoms with E-state index in [2.05, 4.69) is 29.4 Å². The van der Waals surface area contributed by atoms with Crippen molar-refractivity contribution in [1.82, 2.24) is 4.98 Å². The molecule has 2 aromatic carbocycles. The lowest BCUT2D eigenvalue weighted by Crippen LogP contribution is -2.14. The standard InChI is InChI=1S/C21H20N2O3S/c1-14-4-2-5-15(10-14)21-23-17(13-27-21)12-20(24)22-16-6-7-18-19(11-16)26-9-3-8-25-18/h2,4-7,10-11,13H,3,8-9,12H2,1H3,(H,22,24). The van der Waals surface area contributed by atoms with Crippen molar-refractivity contribution in [3.63, 3.8) is 0 Å². The van der Waals surface area contributed by atoms with Crippen LogP contribution in [0.4, 0.5) is 5.69 Å². The van der Waals surface area contributed by atoms with Crippen LogP contribution in [-0.4, -0.2) is 24.1 Å². The molecule has 138 valence electrons. The largest absolute Gasteiger partial charge is 0.490 e. The molecule has 1 aliphatic heterocycles. The van der Waals surface area contributed by atoms with Crippen LogP contribution in [0.15, 0.2) is 47.8 Å². The molecule has 4 rings (SSSR count). The molecule has 5 nitrogen and oxygen atoms in total. The third-order valence-corrected chi connectivity index (χ3v) is 5.13. The lowest BCUT2D eigenvalue weighted by atomic mass is 10.1. The number of benzene rings is 2. The molecule has 0 radical (unpaired) electrons. The number of hydrogen-bond donors (Lipinski definition) is 1. The van der Waals surface area contributed by atoms with E-state index in [0.717, 1.165) is 22.7 Å². The van der Waals surface area contributed by atoms with Crippen LogP contribution in [-0.2, 0) is 11.2 Å². The molecule has 1 amide bonds. The number of nitrogens with zero attached hydrogens (tertiary/aromatic N) is 1. The Bertz CT molecular complexity index is 968. The summed E-state index contributed by atoms with van der Waals surface area (Å²) in [5, 5.41) is 5.77. The summed E-state index contributed by atoms with van der Waals surface area (Å²) in [4.78, 5) is 17.0. The van der Waals surface area contributed by atoms with Gasteiger partial charge < -0.3 is 14.8 Å². The Morgan fingerprint density at radius 3 is 2.85 bits per heavy atom. The summed E-state index contributed by atoms with van der Waals surface area (Å²) in [6.45, 7) is 3.32. The first-order valence-electron chi connectivity index (χ1n) is 8.88. The van der Waals surface area contributed by atoms with Crippen molar-refractivity contribution < 1.29 is 14.3 Å². The zero-order valence-electron chi connectivity index (χ0n) is 15.0. The summed E-state index contributed by atoms with van der Waals surface area (Å²) in [7, 11) is 0. The highest BCUT2D eigenvalue weighted by Crippen LogP contribution is 2.32. The van der Waals surface area contributed by atoms with E-state index in [4.69, 9.17) is 9.47 Å². The number of nitrogens with one attached hydrogen (secondary N) is 1. The van der Waals surface area contributed by atoms with Gasteiger partial charge in [-0.15, -0.1) is 11.3 Å². The lowest BCUT2D eigenvalue weighted by Gasteiger charge is -2.10. The molecular formula is C21H20N2O3S. The van der Waals surface area contributed by atoms with Crippen molar-refractivity contribution in [2.75, 3.05) is 18.5 Å². The number of carbonyl (C=O) groups is 1. The van der Waals surface area contributed by atoms with E-state index >= 15 is 0 Å². The van der Waals surface area contributed by atoms with Crippen LogP contribution in [0.2, 0.25) is 0 Å². The summed E-state index contributed by atoms with van der Waals surface area (Å²) in [5.74, 6) is 1.28. The van der Waals surface area contributed by atoms with Gasteiger partial charge in [0.05, 0.1) is 25.3 Å². The predicted octanol–water partition coefficient (Wildman–Crippen LogP) is 4.46. The lowest BCUT2D eigenvalue weighted by molar-refractivity contribution is -0.115. The Morgan fingerprint density at radius 2 is 2.00 bits per heavy atom. The molecule has 0 atom stereocenters. The number of anilines is 1. The predicted molar refractivity (Wildman–Crippen MR) is 107 cm³/mol. The number of aryl methyl sites for hydroxylation is 1. The molecule has 1 aromatic heterocycles. The Kier molecular flexibility index (Phi) is 5.07. The maximum absolute atomic E-state index is 12.4. The van der Waals surface area contributed by atoms with E-state index in [-0.39, 0.29) is 12.3 Å². The fourth-order valence-corrected chi connectivity index (χ4v) is 3.73. The zero-order valence-corrected chi connectivity index (χ0v) is 15.8. The van der Waals surface area contributed by atoms with Gasteiger partial charge in [0.1, 0.15) is 5.01 Å². The molecule has 0 saturated carbocycles. The van der Waals surface area contributed by atoms with Crippen LogP contribution >= 0.6 is 11.3 Å². The first kappa shape index (κ1) is 17.5. The van der Waals surface area contributed by atoms with Crippen molar-refractivity contribution >= 4 is 22.9 Å². The number of carbonyl (C=O) groups excluding carboxylic acids is 1. The quantitative estimate of drug-likeness (QED) is 0.726. The van der Waals surface area contributed by atoms with Crippen LogP contribution in [0.25, 0.3) is 10.6 Å². The second kappa shape index (κ2) is 7.80. The second-order valence-electron chi connectivity index (χ2n) is 6.45. The number of rotatable bonds is 4. The van der Waals surface area contributed by atoms with Crippen LogP contribution in [0.1, 0.15) is 17.7 Å². The maximum Gasteiger partial charge on any atom is 0.230 e. The number of thiazole rings is 1. The third-order valence-electron chi connectivity index (χ3n) is 4.19. The minimum Gasteiger partial charge on any atom is -0.490 e. The molecule has 1 aliphatic rings. The molecule has 0 bridgehead atoms. The zero-order chi connectivity index (χ0) is 18.6. The van der Waals surface area contributed by atoms with Crippen LogP contribution in [0.5, 0.6) is 11.5 Å². The van der Waals surface area contributed by atoms with E-state index in [1.54, 1.807) is 17.4 Å². The Hall–Kier alpha value is -2.86. The second-order valence-corrected chi connectivity index (χ2v) is 7.31. The topological polar surface area (TPSA) is 60.5 Å². The Labute approximate surface area is 162 Å². The molecule has 2 heterocycles. The van der Waals surface area contributed by atoms with E-state index in [0.29, 0.717) is 30.4 Å². The fraction of sp³-hybridized carbons (Fsp3) is 0.238. The molecule has 0 unspecified atom stereocenters. The summed E-state index contributed by atoms with van der Waals surface area (Å²) in [6.07, 6.45) is 1.08. The maximum atomic E-state index is 12.4. The minimum absolute atomic E-state index is 0.106. The van der Waals surface area contributed by atoms with Crippen molar-refractivity contribution in [3.05, 3.63) is 59.1 Å². The van der Waals surface area contributed by atoms with Crippen molar-refractivity contribution in [2.24, 2.45) is 0 Å². The molecule has 6 heteroatoms. The van der Waals surface area contributed by atoms with Gasteiger partial charge >= 0.3 is 0 Å². The highest BCUT2D eigenvalue weighted by molar-refractivity contribution is 7.13. The highest BCUT2D eigenvalue weighted by Gasteiger charge is 2.13. The SMILES string of the molecule is Cc1cccc(-c2nc(CC(=O)Nc3ccc4c(c3)OCCCO4)cs2)c1. The Morgan fingerprint density at radius 1 is 1.15 bits per heavy atom. The van der Waals surface area contributed by atoms with Crippen molar-refractivity contribution in [2.45, 2.75) is 19.8 Å². The van der Waals surface area contributed by atoms with Gasteiger partial charge in [-0.1, -0.05) is 23.8 Å². The monoisotopic (exact) mass is 380 g/mol. The molecule has 3 aromatic rings. The first-order chi connectivity index (χ1) is 13.2. The van der Waals surface area contributed by atoms with Gasteiger partial charge in [-0.2, -0.15) is 0 Å².